The first kappa shape index (κ1) is 26.9. The molecule has 0 spiro atoms. The van der Waals surface area contributed by atoms with Crippen LogP contribution in [0.5, 0.6) is 11.5 Å². The molecule has 4 aromatic rings. The van der Waals surface area contributed by atoms with E-state index in [0.29, 0.717) is 42.6 Å². The Balaban J connectivity index is 1.15. The number of hydrogen-bond donors (Lipinski definition) is 1. The third kappa shape index (κ3) is 5.97. The fraction of sp³-hybridized carbons (Fsp3) is 0.200. The molecule has 0 unspecified atom stereocenters. The first-order valence-corrected chi connectivity index (χ1v) is 13.5. The highest BCUT2D eigenvalue weighted by Crippen LogP contribution is 2.34. The van der Waals surface area contributed by atoms with E-state index in [4.69, 9.17) is 9.47 Å². The number of carbonyl (C=O) groups is 3. The van der Waals surface area contributed by atoms with Crippen LogP contribution in [-0.2, 0) is 4.79 Å². The van der Waals surface area contributed by atoms with Gasteiger partial charge in [0, 0.05) is 43.4 Å². The number of hydrogen-bond acceptors (Lipinski definition) is 7. The molecule has 1 aromatic heterocycles. The van der Waals surface area contributed by atoms with Gasteiger partial charge in [-0.2, -0.15) is 0 Å². The lowest BCUT2D eigenvalue weighted by Crippen LogP contribution is -2.51. The molecule has 0 atom stereocenters. The normalized spacial score (nSPS) is 13.4. The Bertz CT molecular complexity index is 1570. The summed E-state index contributed by atoms with van der Waals surface area (Å²) >= 11 is 1.40. The minimum atomic E-state index is -0.265. The summed E-state index contributed by atoms with van der Waals surface area (Å²) in [6, 6.07) is 20.2. The van der Waals surface area contributed by atoms with Gasteiger partial charge in [0.15, 0.2) is 10.9 Å². The van der Waals surface area contributed by atoms with Gasteiger partial charge in [-0.3, -0.25) is 14.9 Å². The summed E-state index contributed by atoms with van der Waals surface area (Å²) in [5, 5.41) is 3.40. The van der Waals surface area contributed by atoms with Crippen LogP contribution in [0.25, 0.3) is 21.3 Å². The lowest BCUT2D eigenvalue weighted by atomic mass is 10.0. The van der Waals surface area contributed by atoms with Crippen molar-refractivity contribution in [2.75, 3.05) is 45.7 Å². The molecule has 0 saturated carbocycles. The number of anilines is 1. The molecule has 2 heterocycles. The highest BCUT2D eigenvalue weighted by atomic mass is 32.1. The molecule has 0 bridgehead atoms. The first-order valence-electron chi connectivity index (χ1n) is 12.7. The summed E-state index contributed by atoms with van der Waals surface area (Å²) in [4.78, 5) is 45.7. The average molecular weight is 557 g/mol. The number of rotatable bonds is 7. The molecule has 5 rings (SSSR count). The maximum absolute atomic E-state index is 12.9. The van der Waals surface area contributed by atoms with Crippen LogP contribution in [-0.4, -0.2) is 72.9 Å². The number of allylic oxidation sites excluding steroid dienone is 1. The number of methoxy groups -OCH3 is 2. The van der Waals surface area contributed by atoms with Crippen LogP contribution >= 0.6 is 11.3 Å². The zero-order valence-corrected chi connectivity index (χ0v) is 22.9. The smallest absolute Gasteiger partial charge is 0.323 e. The Kier molecular flexibility index (Phi) is 8.07. The number of urea groups is 1. The van der Waals surface area contributed by atoms with E-state index < -0.39 is 0 Å². The highest BCUT2D eigenvalue weighted by molar-refractivity contribution is 7.22. The van der Waals surface area contributed by atoms with Gasteiger partial charge >= 0.3 is 6.03 Å². The summed E-state index contributed by atoms with van der Waals surface area (Å²) < 4.78 is 11.5. The van der Waals surface area contributed by atoms with Crippen LogP contribution in [0.3, 0.4) is 0 Å². The molecule has 204 valence electrons. The highest BCUT2D eigenvalue weighted by Gasteiger charge is 2.24. The molecule has 0 radical (unpaired) electrons. The molecular weight excluding hydrogens is 528 g/mol. The van der Waals surface area contributed by atoms with Crippen molar-refractivity contribution in [2.45, 2.75) is 0 Å². The lowest BCUT2D eigenvalue weighted by molar-refractivity contribution is -0.127. The predicted octanol–water partition coefficient (Wildman–Crippen LogP) is 5.10. The van der Waals surface area contributed by atoms with Crippen molar-refractivity contribution in [1.82, 2.24) is 14.8 Å². The van der Waals surface area contributed by atoms with Crippen molar-refractivity contribution in [3.05, 3.63) is 84.4 Å². The van der Waals surface area contributed by atoms with Crippen molar-refractivity contribution >= 4 is 44.4 Å². The van der Waals surface area contributed by atoms with Gasteiger partial charge in [0.1, 0.15) is 11.5 Å². The van der Waals surface area contributed by atoms with E-state index in [1.165, 1.54) is 23.5 Å². The van der Waals surface area contributed by atoms with E-state index >= 15 is 0 Å². The lowest BCUT2D eigenvalue weighted by Gasteiger charge is -2.34. The number of para-hydroxylation sites is 1. The van der Waals surface area contributed by atoms with Crippen LogP contribution in [0, 0.1) is 0 Å². The van der Waals surface area contributed by atoms with E-state index in [-0.39, 0.29) is 17.7 Å². The summed E-state index contributed by atoms with van der Waals surface area (Å²) in [6.07, 6.45) is 2.55. The van der Waals surface area contributed by atoms with Crippen molar-refractivity contribution in [3.63, 3.8) is 0 Å². The molecule has 1 aliphatic heterocycles. The number of carbonyl (C=O) groups excluding carboxylic acids is 3. The fourth-order valence-electron chi connectivity index (χ4n) is 4.43. The van der Waals surface area contributed by atoms with Gasteiger partial charge < -0.3 is 19.3 Å². The Labute approximate surface area is 235 Å². The van der Waals surface area contributed by atoms with E-state index in [0.717, 1.165) is 27.1 Å². The van der Waals surface area contributed by atoms with Crippen molar-refractivity contribution in [1.29, 1.82) is 0 Å². The second-order valence-corrected chi connectivity index (χ2v) is 10.1. The van der Waals surface area contributed by atoms with E-state index in [1.807, 2.05) is 42.5 Å². The first-order chi connectivity index (χ1) is 19.4. The van der Waals surface area contributed by atoms with Gasteiger partial charge in [0.05, 0.1) is 24.4 Å². The predicted molar refractivity (Wildman–Crippen MR) is 155 cm³/mol. The Morgan fingerprint density at radius 1 is 0.875 bits per heavy atom. The third-order valence-electron chi connectivity index (χ3n) is 6.65. The molecule has 1 saturated heterocycles. The molecule has 10 heteroatoms. The minimum Gasteiger partial charge on any atom is -0.497 e. The van der Waals surface area contributed by atoms with Crippen LogP contribution in [0.2, 0.25) is 0 Å². The second kappa shape index (κ2) is 12.0. The van der Waals surface area contributed by atoms with E-state index in [1.54, 1.807) is 48.3 Å². The Morgan fingerprint density at radius 2 is 1.60 bits per heavy atom. The average Bonchev–Trinajstić information content (AvgIpc) is 3.41. The Hall–Kier alpha value is -4.70. The number of thiazole rings is 1. The zero-order chi connectivity index (χ0) is 28.1. The van der Waals surface area contributed by atoms with E-state index in [9.17, 15) is 14.4 Å². The molecular formula is C30H28N4O5S. The minimum absolute atomic E-state index is 0.263. The van der Waals surface area contributed by atoms with Crippen LogP contribution < -0.4 is 14.8 Å². The van der Waals surface area contributed by atoms with Gasteiger partial charge in [0.25, 0.3) is 0 Å². The molecule has 9 nitrogen and oxygen atoms in total. The SMILES string of the molecule is COc1ccc(C(=O)/C=C/C(=O)N2CCN(C(=O)Nc3nc4ccc(-c5ccccc5OC)cc4s3)CC2)cc1. The van der Waals surface area contributed by atoms with Crippen LogP contribution in [0.15, 0.2) is 78.9 Å². The monoisotopic (exact) mass is 556 g/mol. The number of benzene rings is 3. The van der Waals surface area contributed by atoms with Gasteiger partial charge in [-0.15, -0.1) is 0 Å². The number of amides is 3. The van der Waals surface area contributed by atoms with Gasteiger partial charge in [-0.1, -0.05) is 35.6 Å². The van der Waals surface area contributed by atoms with Crippen molar-refractivity contribution in [2.24, 2.45) is 0 Å². The number of piperazine rings is 1. The van der Waals surface area contributed by atoms with Crippen molar-refractivity contribution in [3.8, 4) is 22.6 Å². The quantitative estimate of drug-likeness (QED) is 0.251. The maximum Gasteiger partial charge on any atom is 0.323 e. The molecule has 40 heavy (non-hydrogen) atoms. The molecule has 1 fully saturated rings. The summed E-state index contributed by atoms with van der Waals surface area (Å²) in [7, 11) is 3.20. The molecule has 1 N–H and O–H groups in total. The fourth-order valence-corrected chi connectivity index (χ4v) is 5.33. The standard InChI is InChI=1S/C30H28N4O5S/c1-38-22-10-7-20(8-11-22)25(35)13-14-28(36)33-15-17-34(18-16-33)30(37)32-29-31-24-12-9-21(19-27(24)40-29)23-5-3-4-6-26(23)39-2/h3-14,19H,15-18H2,1-2H3,(H,31,32,37)/b14-13+. The topological polar surface area (TPSA) is 101 Å². The van der Waals surface area contributed by atoms with Crippen molar-refractivity contribution < 1.29 is 23.9 Å². The molecule has 0 aliphatic carbocycles. The second-order valence-electron chi connectivity index (χ2n) is 9.07. The summed E-state index contributed by atoms with van der Waals surface area (Å²) in [5.41, 5.74) is 3.26. The third-order valence-corrected chi connectivity index (χ3v) is 7.58. The summed E-state index contributed by atoms with van der Waals surface area (Å²) in [5.74, 6) is 0.913. The largest absolute Gasteiger partial charge is 0.497 e. The van der Waals surface area contributed by atoms with Gasteiger partial charge in [-0.05, 0) is 54.1 Å². The Morgan fingerprint density at radius 3 is 2.33 bits per heavy atom. The summed E-state index contributed by atoms with van der Waals surface area (Å²) in [6.45, 7) is 1.49. The number of ketones is 1. The number of nitrogens with zero attached hydrogens (tertiary/aromatic N) is 3. The van der Waals surface area contributed by atoms with Gasteiger partial charge in [0.2, 0.25) is 5.91 Å². The van der Waals surface area contributed by atoms with Crippen LogP contribution in [0.4, 0.5) is 9.93 Å². The molecule has 3 aromatic carbocycles. The van der Waals surface area contributed by atoms with E-state index in [2.05, 4.69) is 10.3 Å². The number of aromatic nitrogens is 1. The molecule has 3 amide bonds. The maximum atomic E-state index is 12.9. The number of ether oxygens (including phenoxy) is 2. The zero-order valence-electron chi connectivity index (χ0n) is 22.1. The number of fused-ring (bicyclic) bond motifs is 1. The van der Waals surface area contributed by atoms with Gasteiger partial charge in [-0.25, -0.2) is 9.78 Å². The van der Waals surface area contributed by atoms with Crippen LogP contribution in [0.1, 0.15) is 10.4 Å². The number of nitrogens with one attached hydrogen (secondary N) is 1. The molecule has 1 aliphatic rings.